The van der Waals surface area contributed by atoms with Gasteiger partial charge in [-0.1, -0.05) is 30.3 Å². The van der Waals surface area contributed by atoms with Crippen LogP contribution < -0.4 is 4.90 Å². The van der Waals surface area contributed by atoms with Crippen LogP contribution in [0.25, 0.3) is 0 Å². The van der Waals surface area contributed by atoms with Crippen molar-refractivity contribution in [2.45, 2.75) is 13.0 Å². The van der Waals surface area contributed by atoms with Gasteiger partial charge in [-0.05, 0) is 36.8 Å². The number of ether oxygens (including phenoxy) is 1. The minimum atomic E-state index is -0.362. The van der Waals surface area contributed by atoms with Crippen molar-refractivity contribution >= 4 is 17.6 Å². The Hall–Kier alpha value is -2.62. The molecule has 21 heavy (non-hydrogen) atoms. The van der Waals surface area contributed by atoms with Gasteiger partial charge in [-0.25, -0.2) is 4.79 Å². The molecule has 1 fully saturated rings. The molecule has 3 rings (SSSR count). The molecule has 0 radical (unpaired) electrons. The van der Waals surface area contributed by atoms with Gasteiger partial charge >= 0.3 is 6.09 Å². The summed E-state index contributed by atoms with van der Waals surface area (Å²) in [6, 6.07) is 16.6. The van der Waals surface area contributed by atoms with Gasteiger partial charge in [0, 0.05) is 11.3 Å². The number of hydrogen-bond donors (Lipinski definition) is 0. The number of nitrogens with zero attached hydrogens (tertiary/aromatic N) is 1. The van der Waals surface area contributed by atoms with Gasteiger partial charge in [0.15, 0.2) is 5.78 Å². The molecule has 4 heteroatoms. The van der Waals surface area contributed by atoms with E-state index in [4.69, 9.17) is 4.74 Å². The second kappa shape index (κ2) is 5.40. The fourth-order valence-electron chi connectivity index (χ4n) is 2.48. The van der Waals surface area contributed by atoms with E-state index in [0.717, 1.165) is 11.3 Å². The summed E-state index contributed by atoms with van der Waals surface area (Å²) in [4.78, 5) is 25.0. The van der Waals surface area contributed by atoms with Gasteiger partial charge in [-0.3, -0.25) is 9.69 Å². The molecule has 1 aliphatic heterocycles. The second-order valence-electron chi connectivity index (χ2n) is 4.98. The molecule has 1 atom stereocenters. The lowest BCUT2D eigenvalue weighted by molar-refractivity contribution is 0.101. The Labute approximate surface area is 123 Å². The normalized spacial score (nSPS) is 17.7. The largest absolute Gasteiger partial charge is 0.447 e. The van der Waals surface area contributed by atoms with E-state index < -0.39 is 0 Å². The Morgan fingerprint density at radius 3 is 2.38 bits per heavy atom. The van der Waals surface area contributed by atoms with E-state index in [-0.39, 0.29) is 17.9 Å². The van der Waals surface area contributed by atoms with Crippen LogP contribution in [0.15, 0.2) is 54.6 Å². The van der Waals surface area contributed by atoms with E-state index in [2.05, 4.69) is 0 Å². The van der Waals surface area contributed by atoms with Crippen molar-refractivity contribution in [3.8, 4) is 0 Å². The van der Waals surface area contributed by atoms with Crippen molar-refractivity contribution < 1.29 is 14.3 Å². The van der Waals surface area contributed by atoms with Crippen LogP contribution in [0.1, 0.15) is 28.9 Å². The molecule has 0 aromatic heterocycles. The van der Waals surface area contributed by atoms with E-state index in [1.165, 1.54) is 6.92 Å². The molecule has 1 saturated heterocycles. The summed E-state index contributed by atoms with van der Waals surface area (Å²) in [5.41, 5.74) is 2.39. The number of hydrogen-bond acceptors (Lipinski definition) is 3. The van der Waals surface area contributed by atoms with Crippen molar-refractivity contribution in [2.75, 3.05) is 11.5 Å². The number of amides is 1. The van der Waals surface area contributed by atoms with E-state index >= 15 is 0 Å². The number of Topliss-reactive ketones (excluding diaryl/α,β-unsaturated/α-hetero) is 1. The average Bonchev–Trinajstić information content (AvgIpc) is 2.90. The van der Waals surface area contributed by atoms with Crippen LogP contribution in [0.3, 0.4) is 0 Å². The highest BCUT2D eigenvalue weighted by Gasteiger charge is 2.35. The van der Waals surface area contributed by atoms with E-state index in [0.29, 0.717) is 12.2 Å². The van der Waals surface area contributed by atoms with Gasteiger partial charge in [-0.15, -0.1) is 0 Å². The van der Waals surface area contributed by atoms with Crippen LogP contribution in [0.5, 0.6) is 0 Å². The number of benzene rings is 2. The van der Waals surface area contributed by atoms with Crippen LogP contribution in [0.4, 0.5) is 10.5 Å². The Morgan fingerprint density at radius 1 is 1.10 bits per heavy atom. The molecule has 0 aliphatic carbocycles. The van der Waals surface area contributed by atoms with Crippen LogP contribution in [0, 0.1) is 0 Å². The van der Waals surface area contributed by atoms with Crippen molar-refractivity contribution in [1.29, 1.82) is 0 Å². The third kappa shape index (κ3) is 2.52. The molecule has 1 amide bonds. The van der Waals surface area contributed by atoms with Gasteiger partial charge in [-0.2, -0.15) is 0 Å². The Morgan fingerprint density at radius 2 is 1.76 bits per heavy atom. The lowest BCUT2D eigenvalue weighted by Gasteiger charge is -2.21. The van der Waals surface area contributed by atoms with Crippen LogP contribution in [-0.2, 0) is 4.74 Å². The van der Waals surface area contributed by atoms with Gasteiger partial charge in [0.25, 0.3) is 0 Å². The second-order valence-corrected chi connectivity index (χ2v) is 4.98. The van der Waals surface area contributed by atoms with Crippen LogP contribution in [0.2, 0.25) is 0 Å². The molecule has 2 aromatic carbocycles. The summed E-state index contributed by atoms with van der Waals surface area (Å²) in [6.45, 7) is 1.85. The summed E-state index contributed by atoms with van der Waals surface area (Å²) in [5.74, 6) is 0.00478. The van der Waals surface area contributed by atoms with Gasteiger partial charge in [0.2, 0.25) is 0 Å². The van der Waals surface area contributed by atoms with Crippen molar-refractivity contribution in [3.63, 3.8) is 0 Å². The maximum atomic E-state index is 12.0. The highest BCUT2D eigenvalue weighted by Crippen LogP contribution is 2.32. The zero-order valence-corrected chi connectivity index (χ0v) is 11.7. The van der Waals surface area contributed by atoms with E-state index in [1.54, 1.807) is 29.2 Å². The minimum Gasteiger partial charge on any atom is -0.447 e. The zero-order valence-electron chi connectivity index (χ0n) is 11.7. The molecule has 1 heterocycles. The van der Waals surface area contributed by atoms with Crippen molar-refractivity contribution in [2.24, 2.45) is 0 Å². The van der Waals surface area contributed by atoms with Crippen molar-refractivity contribution in [1.82, 2.24) is 0 Å². The number of rotatable bonds is 3. The first kappa shape index (κ1) is 13.4. The van der Waals surface area contributed by atoms with E-state index in [9.17, 15) is 9.59 Å². The van der Waals surface area contributed by atoms with Crippen molar-refractivity contribution in [3.05, 3.63) is 65.7 Å². The van der Waals surface area contributed by atoms with Gasteiger partial charge in [0.1, 0.15) is 6.61 Å². The number of ketones is 1. The molecule has 1 aliphatic rings. The topological polar surface area (TPSA) is 46.6 Å². The standard InChI is InChI=1S/C17H15NO3/c1-12(19)13-7-9-15(10-8-13)18-16(11-21-17(18)20)14-5-3-2-4-6-14/h2-10,16H,11H2,1H3/t16-/m1/s1. The summed E-state index contributed by atoms with van der Waals surface area (Å²) in [7, 11) is 0. The highest BCUT2D eigenvalue weighted by atomic mass is 16.6. The summed E-state index contributed by atoms with van der Waals surface area (Å²) in [6.07, 6.45) is -0.362. The zero-order chi connectivity index (χ0) is 14.8. The molecule has 0 spiro atoms. The Bertz CT molecular complexity index is 664. The number of carbonyl (C=O) groups is 2. The van der Waals surface area contributed by atoms with Crippen LogP contribution in [-0.4, -0.2) is 18.5 Å². The molecule has 0 N–H and O–H groups in total. The fourth-order valence-corrected chi connectivity index (χ4v) is 2.48. The maximum absolute atomic E-state index is 12.0. The molecule has 0 unspecified atom stereocenters. The predicted molar refractivity (Wildman–Crippen MR) is 79.5 cm³/mol. The molecular formula is C17H15NO3. The average molecular weight is 281 g/mol. The number of carbonyl (C=O) groups excluding carboxylic acids is 2. The first-order valence-corrected chi connectivity index (χ1v) is 6.79. The minimum absolute atomic E-state index is 0.00478. The third-order valence-electron chi connectivity index (χ3n) is 3.61. The highest BCUT2D eigenvalue weighted by molar-refractivity contribution is 5.95. The monoisotopic (exact) mass is 281 g/mol. The van der Waals surface area contributed by atoms with Crippen LogP contribution >= 0.6 is 0 Å². The SMILES string of the molecule is CC(=O)c1ccc(N2C(=O)OC[C@@H]2c2ccccc2)cc1. The number of cyclic esters (lactones) is 1. The Balaban J connectivity index is 1.94. The number of anilines is 1. The smallest absolute Gasteiger partial charge is 0.415 e. The lowest BCUT2D eigenvalue weighted by Crippen LogP contribution is -2.27. The molecule has 0 saturated carbocycles. The van der Waals surface area contributed by atoms with E-state index in [1.807, 2.05) is 30.3 Å². The lowest BCUT2D eigenvalue weighted by atomic mass is 10.1. The third-order valence-corrected chi connectivity index (χ3v) is 3.61. The quantitative estimate of drug-likeness (QED) is 0.808. The first-order chi connectivity index (χ1) is 10.2. The summed E-state index contributed by atoms with van der Waals surface area (Å²) in [5, 5.41) is 0. The molecule has 2 aromatic rings. The predicted octanol–water partition coefficient (Wildman–Crippen LogP) is 3.59. The maximum Gasteiger partial charge on any atom is 0.415 e. The first-order valence-electron chi connectivity index (χ1n) is 6.79. The van der Waals surface area contributed by atoms with Gasteiger partial charge < -0.3 is 4.74 Å². The van der Waals surface area contributed by atoms with Gasteiger partial charge in [0.05, 0.1) is 6.04 Å². The molecule has 0 bridgehead atoms. The molecular weight excluding hydrogens is 266 g/mol. The summed E-state index contributed by atoms with van der Waals surface area (Å²) < 4.78 is 5.18. The summed E-state index contributed by atoms with van der Waals surface area (Å²) >= 11 is 0. The molecule has 106 valence electrons. The Kier molecular flexibility index (Phi) is 3.44. The molecule has 4 nitrogen and oxygen atoms in total. The fraction of sp³-hybridized carbons (Fsp3) is 0.176.